The van der Waals surface area contributed by atoms with Gasteiger partial charge in [-0.1, -0.05) is 29.8 Å². The third-order valence-electron chi connectivity index (χ3n) is 2.80. The quantitative estimate of drug-likeness (QED) is 0.669. The fraction of sp³-hybridized carbons (Fsp3) is 0.214. The largest absolute Gasteiger partial charge is 0.481 e. The summed E-state index contributed by atoms with van der Waals surface area (Å²) < 4.78 is 4.99. The molecule has 1 aromatic carbocycles. The van der Waals surface area contributed by atoms with Gasteiger partial charge in [0.2, 0.25) is 11.7 Å². The van der Waals surface area contributed by atoms with Crippen LogP contribution in [0.2, 0.25) is 0 Å². The topological polar surface area (TPSA) is 77.3 Å². The lowest BCUT2D eigenvalue weighted by molar-refractivity contribution is -0.384. The van der Waals surface area contributed by atoms with Crippen LogP contribution in [0.1, 0.15) is 11.1 Å². The van der Waals surface area contributed by atoms with Crippen LogP contribution >= 0.6 is 0 Å². The molecule has 20 heavy (non-hydrogen) atoms. The lowest BCUT2D eigenvalue weighted by Gasteiger charge is -2.08. The summed E-state index contributed by atoms with van der Waals surface area (Å²) in [4.78, 5) is 14.6. The standard InChI is InChI=1S/C14H15N3O3/c1-10-4-3-5-11(8-10)9-15-14-12(17(18)19)6-7-13(16-14)20-2/h3-8H,9H2,1-2H3,(H,15,16). The first-order valence-electron chi connectivity index (χ1n) is 6.09. The van der Waals surface area contributed by atoms with Crippen molar-refractivity contribution >= 4 is 11.5 Å². The number of nitro groups is 1. The molecule has 0 radical (unpaired) electrons. The van der Waals surface area contributed by atoms with E-state index in [0.717, 1.165) is 11.1 Å². The summed E-state index contributed by atoms with van der Waals surface area (Å²) in [6, 6.07) is 10.8. The minimum Gasteiger partial charge on any atom is -0.481 e. The lowest BCUT2D eigenvalue weighted by atomic mass is 10.1. The molecular weight excluding hydrogens is 258 g/mol. The van der Waals surface area contributed by atoms with Gasteiger partial charge in [0, 0.05) is 18.7 Å². The third-order valence-corrected chi connectivity index (χ3v) is 2.80. The van der Waals surface area contributed by atoms with E-state index >= 15 is 0 Å². The highest BCUT2D eigenvalue weighted by atomic mass is 16.6. The Morgan fingerprint density at radius 3 is 2.80 bits per heavy atom. The average molecular weight is 273 g/mol. The van der Waals surface area contributed by atoms with Gasteiger partial charge >= 0.3 is 5.69 Å². The van der Waals surface area contributed by atoms with Gasteiger partial charge in [0.15, 0.2) is 0 Å². The van der Waals surface area contributed by atoms with Gasteiger partial charge in [0.25, 0.3) is 0 Å². The molecule has 1 aromatic heterocycles. The van der Waals surface area contributed by atoms with E-state index in [1.54, 1.807) is 0 Å². The molecule has 0 atom stereocenters. The molecule has 2 aromatic rings. The van der Waals surface area contributed by atoms with Crippen molar-refractivity contribution in [1.82, 2.24) is 4.98 Å². The van der Waals surface area contributed by atoms with E-state index in [1.165, 1.54) is 19.2 Å². The number of benzene rings is 1. The molecule has 0 amide bonds. The number of ether oxygens (including phenoxy) is 1. The van der Waals surface area contributed by atoms with Crippen molar-refractivity contribution in [2.24, 2.45) is 0 Å². The fourth-order valence-corrected chi connectivity index (χ4v) is 1.83. The summed E-state index contributed by atoms with van der Waals surface area (Å²) in [5.41, 5.74) is 2.10. The van der Waals surface area contributed by atoms with E-state index in [2.05, 4.69) is 10.3 Å². The molecular formula is C14H15N3O3. The highest BCUT2D eigenvalue weighted by Gasteiger charge is 2.16. The molecule has 0 saturated heterocycles. The van der Waals surface area contributed by atoms with Crippen LogP contribution in [-0.2, 0) is 6.54 Å². The van der Waals surface area contributed by atoms with Crippen molar-refractivity contribution in [1.29, 1.82) is 0 Å². The van der Waals surface area contributed by atoms with E-state index in [-0.39, 0.29) is 11.5 Å². The first-order valence-corrected chi connectivity index (χ1v) is 6.09. The van der Waals surface area contributed by atoms with Crippen LogP contribution in [0.25, 0.3) is 0 Å². The smallest absolute Gasteiger partial charge is 0.311 e. The number of nitrogens with one attached hydrogen (secondary N) is 1. The molecule has 104 valence electrons. The number of pyridine rings is 1. The molecule has 6 nitrogen and oxygen atoms in total. The predicted octanol–water partition coefficient (Wildman–Crippen LogP) is 2.92. The molecule has 0 unspecified atom stereocenters. The molecule has 0 bridgehead atoms. The summed E-state index contributed by atoms with van der Waals surface area (Å²) in [7, 11) is 1.47. The zero-order valence-corrected chi connectivity index (χ0v) is 11.3. The second kappa shape index (κ2) is 6.01. The van der Waals surface area contributed by atoms with Crippen LogP contribution in [0.3, 0.4) is 0 Å². The molecule has 0 aliphatic rings. The Labute approximate surface area is 116 Å². The maximum Gasteiger partial charge on any atom is 0.311 e. The van der Waals surface area contributed by atoms with Crippen LogP contribution < -0.4 is 10.1 Å². The molecule has 6 heteroatoms. The molecule has 2 rings (SSSR count). The Morgan fingerprint density at radius 2 is 2.15 bits per heavy atom. The summed E-state index contributed by atoms with van der Waals surface area (Å²) >= 11 is 0. The van der Waals surface area contributed by atoms with Crippen molar-refractivity contribution in [3.63, 3.8) is 0 Å². The third kappa shape index (κ3) is 3.23. The highest BCUT2D eigenvalue weighted by molar-refractivity contribution is 5.57. The summed E-state index contributed by atoms with van der Waals surface area (Å²) in [6.07, 6.45) is 0. The van der Waals surface area contributed by atoms with Gasteiger partial charge < -0.3 is 10.1 Å². The predicted molar refractivity (Wildman–Crippen MR) is 75.9 cm³/mol. The number of methoxy groups -OCH3 is 1. The molecule has 0 aliphatic carbocycles. The van der Waals surface area contributed by atoms with Crippen molar-refractivity contribution in [2.45, 2.75) is 13.5 Å². The maximum absolute atomic E-state index is 11.0. The van der Waals surface area contributed by atoms with Gasteiger partial charge in [0.1, 0.15) is 0 Å². The van der Waals surface area contributed by atoms with E-state index in [4.69, 9.17) is 4.74 Å². The minimum atomic E-state index is -0.467. The van der Waals surface area contributed by atoms with Crippen molar-refractivity contribution in [2.75, 3.05) is 12.4 Å². The Morgan fingerprint density at radius 1 is 1.35 bits per heavy atom. The number of aromatic nitrogens is 1. The number of nitrogens with zero attached hydrogens (tertiary/aromatic N) is 2. The van der Waals surface area contributed by atoms with Crippen molar-refractivity contribution in [3.05, 3.63) is 57.6 Å². The number of hydrogen-bond acceptors (Lipinski definition) is 5. The zero-order chi connectivity index (χ0) is 14.5. The molecule has 1 N–H and O–H groups in total. The number of aryl methyl sites for hydroxylation is 1. The second-order valence-corrected chi connectivity index (χ2v) is 4.32. The van der Waals surface area contributed by atoms with E-state index < -0.39 is 4.92 Å². The van der Waals surface area contributed by atoms with Gasteiger partial charge in [-0.15, -0.1) is 0 Å². The summed E-state index contributed by atoms with van der Waals surface area (Å²) in [6.45, 7) is 2.46. The van der Waals surface area contributed by atoms with Gasteiger partial charge in [-0.3, -0.25) is 10.1 Å². The Kier molecular flexibility index (Phi) is 4.14. The van der Waals surface area contributed by atoms with Crippen LogP contribution in [0.15, 0.2) is 36.4 Å². The first kappa shape index (κ1) is 13.8. The maximum atomic E-state index is 11.0. The molecule has 1 heterocycles. The van der Waals surface area contributed by atoms with Crippen LogP contribution in [-0.4, -0.2) is 17.0 Å². The Hall–Kier alpha value is -2.63. The molecule has 0 saturated carbocycles. The van der Waals surface area contributed by atoms with E-state index in [1.807, 2.05) is 31.2 Å². The SMILES string of the molecule is COc1ccc([N+](=O)[O-])c(NCc2cccc(C)c2)n1. The van der Waals surface area contributed by atoms with Crippen LogP contribution in [0, 0.1) is 17.0 Å². The fourth-order valence-electron chi connectivity index (χ4n) is 1.83. The molecule has 0 aliphatic heterocycles. The van der Waals surface area contributed by atoms with Gasteiger partial charge in [-0.25, -0.2) is 0 Å². The van der Waals surface area contributed by atoms with Crippen LogP contribution in [0.4, 0.5) is 11.5 Å². The number of hydrogen-bond donors (Lipinski definition) is 1. The first-order chi connectivity index (χ1) is 9.60. The highest BCUT2D eigenvalue weighted by Crippen LogP contribution is 2.25. The van der Waals surface area contributed by atoms with Crippen LogP contribution in [0.5, 0.6) is 5.88 Å². The van der Waals surface area contributed by atoms with E-state index in [9.17, 15) is 10.1 Å². The normalized spacial score (nSPS) is 10.1. The number of anilines is 1. The minimum absolute atomic E-state index is 0.0709. The average Bonchev–Trinajstić information content (AvgIpc) is 2.44. The molecule has 0 fully saturated rings. The lowest BCUT2D eigenvalue weighted by Crippen LogP contribution is -2.05. The van der Waals surface area contributed by atoms with Gasteiger partial charge in [-0.2, -0.15) is 4.98 Å². The van der Waals surface area contributed by atoms with Crippen molar-refractivity contribution < 1.29 is 9.66 Å². The van der Waals surface area contributed by atoms with Crippen molar-refractivity contribution in [3.8, 4) is 5.88 Å². The van der Waals surface area contributed by atoms with Gasteiger partial charge in [-0.05, 0) is 12.5 Å². The summed E-state index contributed by atoms with van der Waals surface area (Å²) in [5, 5.41) is 14.0. The van der Waals surface area contributed by atoms with Gasteiger partial charge in [0.05, 0.1) is 12.0 Å². The second-order valence-electron chi connectivity index (χ2n) is 4.32. The Bertz CT molecular complexity index is 629. The molecule has 0 spiro atoms. The zero-order valence-electron chi connectivity index (χ0n) is 11.3. The monoisotopic (exact) mass is 273 g/mol. The summed E-state index contributed by atoms with van der Waals surface area (Å²) in [5.74, 6) is 0.540. The Balaban J connectivity index is 2.21. The van der Waals surface area contributed by atoms with E-state index in [0.29, 0.717) is 12.4 Å². The number of rotatable bonds is 5.